The maximum atomic E-state index is 8.96. The van der Waals surface area contributed by atoms with Crippen LogP contribution in [0.25, 0.3) is 11.0 Å². The first-order valence-corrected chi connectivity index (χ1v) is 4.97. The van der Waals surface area contributed by atoms with E-state index >= 15 is 0 Å². The Labute approximate surface area is 91.8 Å². The van der Waals surface area contributed by atoms with Crippen molar-refractivity contribution in [1.82, 2.24) is 20.2 Å². The lowest BCUT2D eigenvalue weighted by Crippen LogP contribution is -2.30. The van der Waals surface area contributed by atoms with Gasteiger partial charge in [0.25, 0.3) is 0 Å². The van der Waals surface area contributed by atoms with E-state index in [1.165, 1.54) is 6.33 Å². The lowest BCUT2D eigenvalue weighted by atomic mass is 10.3. The molecule has 0 aromatic carbocycles. The molecule has 0 aliphatic heterocycles. The van der Waals surface area contributed by atoms with Crippen LogP contribution < -0.4 is 4.90 Å². The van der Waals surface area contributed by atoms with Crippen molar-refractivity contribution in [2.75, 3.05) is 31.2 Å². The fourth-order valence-electron chi connectivity index (χ4n) is 1.57. The van der Waals surface area contributed by atoms with E-state index in [1.807, 2.05) is 0 Å². The predicted octanol–water partition coefficient (Wildman–Crippen LogP) is -0.856. The Hall–Kier alpha value is -1.73. The summed E-state index contributed by atoms with van der Waals surface area (Å²) in [5.41, 5.74) is 0.644. The molecule has 2 aromatic heterocycles. The monoisotopic (exact) mass is 223 g/mol. The van der Waals surface area contributed by atoms with Crippen molar-refractivity contribution >= 4 is 16.9 Å². The summed E-state index contributed by atoms with van der Waals surface area (Å²) < 4.78 is 0. The SMILES string of the molecule is OCCN(CCO)c1ncnc2[nH]ncc12. The van der Waals surface area contributed by atoms with Crippen LogP contribution in [0.2, 0.25) is 0 Å². The van der Waals surface area contributed by atoms with E-state index in [1.54, 1.807) is 11.1 Å². The third-order valence-corrected chi connectivity index (χ3v) is 2.27. The van der Waals surface area contributed by atoms with Gasteiger partial charge < -0.3 is 15.1 Å². The van der Waals surface area contributed by atoms with E-state index in [2.05, 4.69) is 20.2 Å². The molecule has 0 amide bonds. The van der Waals surface area contributed by atoms with Crippen LogP contribution in [0.1, 0.15) is 0 Å². The molecule has 0 fully saturated rings. The Kier molecular flexibility index (Phi) is 3.28. The first kappa shape index (κ1) is 10.8. The smallest absolute Gasteiger partial charge is 0.160 e. The number of hydrogen-bond acceptors (Lipinski definition) is 6. The Morgan fingerprint density at radius 2 is 1.94 bits per heavy atom. The standard InChI is InChI=1S/C9H13N5O2/c15-3-1-14(2-4-16)9-7-5-12-13-8(7)10-6-11-9/h5-6,15-16H,1-4H2,(H,10,11,12,13). The molecule has 86 valence electrons. The fraction of sp³-hybridized carbons (Fsp3) is 0.444. The highest BCUT2D eigenvalue weighted by Crippen LogP contribution is 2.20. The van der Waals surface area contributed by atoms with E-state index in [-0.39, 0.29) is 13.2 Å². The molecule has 2 aromatic rings. The Morgan fingerprint density at radius 3 is 2.62 bits per heavy atom. The lowest BCUT2D eigenvalue weighted by Gasteiger charge is -2.21. The van der Waals surface area contributed by atoms with Gasteiger partial charge in [-0.05, 0) is 0 Å². The van der Waals surface area contributed by atoms with Gasteiger partial charge >= 0.3 is 0 Å². The quantitative estimate of drug-likeness (QED) is 0.610. The van der Waals surface area contributed by atoms with Crippen LogP contribution in [0.15, 0.2) is 12.5 Å². The van der Waals surface area contributed by atoms with Gasteiger partial charge in [-0.2, -0.15) is 5.10 Å². The van der Waals surface area contributed by atoms with Gasteiger partial charge in [-0.3, -0.25) is 5.10 Å². The number of H-pyrrole nitrogens is 1. The molecular formula is C9H13N5O2. The number of anilines is 1. The highest BCUT2D eigenvalue weighted by molar-refractivity contribution is 5.86. The average Bonchev–Trinajstić information content (AvgIpc) is 2.76. The predicted molar refractivity (Wildman–Crippen MR) is 58.1 cm³/mol. The summed E-state index contributed by atoms with van der Waals surface area (Å²) in [6, 6.07) is 0. The zero-order chi connectivity index (χ0) is 11.4. The van der Waals surface area contributed by atoms with Crippen molar-refractivity contribution < 1.29 is 10.2 Å². The largest absolute Gasteiger partial charge is 0.395 e. The number of fused-ring (bicyclic) bond motifs is 1. The van der Waals surface area contributed by atoms with Gasteiger partial charge in [-0.1, -0.05) is 0 Å². The summed E-state index contributed by atoms with van der Waals surface area (Å²) >= 11 is 0. The third-order valence-electron chi connectivity index (χ3n) is 2.27. The number of nitrogens with one attached hydrogen (secondary N) is 1. The van der Waals surface area contributed by atoms with Crippen LogP contribution in [-0.4, -0.2) is 56.7 Å². The molecule has 0 radical (unpaired) electrons. The van der Waals surface area contributed by atoms with Crippen molar-refractivity contribution in [3.63, 3.8) is 0 Å². The molecule has 0 atom stereocenters. The van der Waals surface area contributed by atoms with Gasteiger partial charge in [0.15, 0.2) is 5.65 Å². The van der Waals surface area contributed by atoms with Crippen LogP contribution in [0.4, 0.5) is 5.82 Å². The first-order valence-electron chi connectivity index (χ1n) is 4.97. The molecule has 0 bridgehead atoms. The van der Waals surface area contributed by atoms with Gasteiger partial charge in [-0.25, -0.2) is 9.97 Å². The van der Waals surface area contributed by atoms with Crippen molar-refractivity contribution in [2.24, 2.45) is 0 Å². The fourth-order valence-corrected chi connectivity index (χ4v) is 1.57. The minimum Gasteiger partial charge on any atom is -0.395 e. The summed E-state index contributed by atoms with van der Waals surface area (Å²) in [6.45, 7) is 0.836. The lowest BCUT2D eigenvalue weighted by molar-refractivity contribution is 0.281. The van der Waals surface area contributed by atoms with Crippen LogP contribution in [0.5, 0.6) is 0 Å². The van der Waals surface area contributed by atoms with Crippen LogP contribution >= 0.6 is 0 Å². The summed E-state index contributed by atoms with van der Waals surface area (Å²) in [6.07, 6.45) is 3.06. The van der Waals surface area contributed by atoms with Gasteiger partial charge in [0, 0.05) is 13.1 Å². The molecule has 2 heterocycles. The summed E-state index contributed by atoms with van der Waals surface area (Å²) in [5, 5.41) is 25.3. The minimum absolute atomic E-state index is 0.00332. The number of nitrogens with zero attached hydrogens (tertiary/aromatic N) is 4. The van der Waals surface area contributed by atoms with E-state index in [4.69, 9.17) is 10.2 Å². The summed E-state index contributed by atoms with van der Waals surface area (Å²) in [4.78, 5) is 9.96. The van der Waals surface area contributed by atoms with Crippen molar-refractivity contribution in [1.29, 1.82) is 0 Å². The van der Waals surface area contributed by atoms with Gasteiger partial charge in [0.2, 0.25) is 0 Å². The van der Waals surface area contributed by atoms with Crippen molar-refractivity contribution in [3.8, 4) is 0 Å². The zero-order valence-electron chi connectivity index (χ0n) is 8.67. The molecule has 0 aliphatic rings. The summed E-state index contributed by atoms with van der Waals surface area (Å²) in [5.74, 6) is 0.668. The number of aromatic nitrogens is 4. The molecule has 3 N–H and O–H groups in total. The van der Waals surface area contributed by atoms with Gasteiger partial charge in [0.1, 0.15) is 12.1 Å². The average molecular weight is 223 g/mol. The second-order valence-corrected chi connectivity index (χ2v) is 3.26. The number of aromatic amines is 1. The van der Waals surface area contributed by atoms with E-state index in [0.717, 1.165) is 5.39 Å². The highest BCUT2D eigenvalue weighted by atomic mass is 16.3. The second kappa shape index (κ2) is 4.86. The molecule has 7 nitrogen and oxygen atoms in total. The van der Waals surface area contributed by atoms with Crippen LogP contribution in [0.3, 0.4) is 0 Å². The first-order chi connectivity index (χ1) is 7.86. The van der Waals surface area contributed by atoms with E-state index in [9.17, 15) is 0 Å². The molecule has 2 rings (SSSR count). The molecule has 0 spiro atoms. The topological polar surface area (TPSA) is 98.2 Å². The molecule has 0 unspecified atom stereocenters. The van der Waals surface area contributed by atoms with Gasteiger partial charge in [0.05, 0.1) is 24.8 Å². The zero-order valence-corrected chi connectivity index (χ0v) is 8.67. The Balaban J connectivity index is 2.38. The number of aliphatic hydroxyl groups excluding tert-OH is 2. The molecule has 0 saturated heterocycles. The molecule has 0 saturated carbocycles. The number of hydrogen-bond donors (Lipinski definition) is 3. The molecular weight excluding hydrogens is 210 g/mol. The maximum absolute atomic E-state index is 8.96. The number of aliphatic hydroxyl groups is 2. The number of rotatable bonds is 5. The normalized spacial score (nSPS) is 10.9. The highest BCUT2D eigenvalue weighted by Gasteiger charge is 2.12. The maximum Gasteiger partial charge on any atom is 0.160 e. The molecule has 16 heavy (non-hydrogen) atoms. The minimum atomic E-state index is 0.00332. The summed E-state index contributed by atoms with van der Waals surface area (Å²) in [7, 11) is 0. The van der Waals surface area contributed by atoms with E-state index < -0.39 is 0 Å². The van der Waals surface area contributed by atoms with Crippen LogP contribution in [-0.2, 0) is 0 Å². The van der Waals surface area contributed by atoms with E-state index in [0.29, 0.717) is 24.6 Å². The Bertz CT molecular complexity index is 452. The van der Waals surface area contributed by atoms with Crippen molar-refractivity contribution in [3.05, 3.63) is 12.5 Å². The van der Waals surface area contributed by atoms with Crippen LogP contribution in [0, 0.1) is 0 Å². The molecule has 0 aliphatic carbocycles. The Morgan fingerprint density at radius 1 is 1.19 bits per heavy atom. The second-order valence-electron chi connectivity index (χ2n) is 3.26. The molecule has 7 heteroatoms. The van der Waals surface area contributed by atoms with Gasteiger partial charge in [-0.15, -0.1) is 0 Å². The van der Waals surface area contributed by atoms with Crippen molar-refractivity contribution in [2.45, 2.75) is 0 Å². The third kappa shape index (κ3) is 1.95.